The second kappa shape index (κ2) is 9.94. The highest BCUT2D eigenvalue weighted by molar-refractivity contribution is 7.89. The molecular formula is C24H34N2O3S. The molecule has 1 N–H and O–H groups in total. The molecule has 5 nitrogen and oxygen atoms in total. The monoisotopic (exact) mass is 430 g/mol. The van der Waals surface area contributed by atoms with Crippen LogP contribution in [0.2, 0.25) is 0 Å². The summed E-state index contributed by atoms with van der Waals surface area (Å²) >= 11 is 0. The van der Waals surface area contributed by atoms with Crippen LogP contribution in [0.1, 0.15) is 61.3 Å². The molecule has 0 aromatic heterocycles. The number of nitrogens with one attached hydrogen (secondary N) is 1. The van der Waals surface area contributed by atoms with Crippen molar-refractivity contribution in [2.75, 3.05) is 20.2 Å². The van der Waals surface area contributed by atoms with Gasteiger partial charge in [0.15, 0.2) is 0 Å². The molecule has 1 aliphatic heterocycles. The van der Waals surface area contributed by atoms with Gasteiger partial charge in [0.25, 0.3) is 0 Å². The molecule has 2 aromatic rings. The van der Waals surface area contributed by atoms with Gasteiger partial charge in [0, 0.05) is 13.1 Å². The molecular weight excluding hydrogens is 396 g/mol. The Hall–Kier alpha value is -1.89. The lowest BCUT2D eigenvalue weighted by molar-refractivity contribution is 0.221. The highest BCUT2D eigenvalue weighted by atomic mass is 32.2. The first-order chi connectivity index (χ1) is 14.3. The molecule has 164 valence electrons. The van der Waals surface area contributed by atoms with Gasteiger partial charge in [-0.15, -0.1) is 0 Å². The third-order valence-corrected chi connectivity index (χ3v) is 7.33. The first kappa shape index (κ1) is 22.8. The maximum Gasteiger partial charge on any atom is 0.241 e. The lowest BCUT2D eigenvalue weighted by atomic mass is 10.0. The third kappa shape index (κ3) is 5.62. The molecule has 0 radical (unpaired) electrons. The second-order valence-electron chi connectivity index (χ2n) is 8.49. The van der Waals surface area contributed by atoms with E-state index in [-0.39, 0.29) is 12.5 Å². The van der Waals surface area contributed by atoms with Gasteiger partial charge in [-0.2, -0.15) is 0 Å². The Bertz CT molecular complexity index is 947. The predicted octanol–water partition coefficient (Wildman–Crippen LogP) is 4.59. The molecule has 6 heteroatoms. The molecule has 0 amide bonds. The van der Waals surface area contributed by atoms with Gasteiger partial charge < -0.3 is 4.74 Å². The van der Waals surface area contributed by atoms with E-state index in [0.717, 1.165) is 23.4 Å². The van der Waals surface area contributed by atoms with Crippen LogP contribution in [0.5, 0.6) is 5.75 Å². The Labute approximate surface area is 181 Å². The van der Waals surface area contributed by atoms with Crippen molar-refractivity contribution in [1.29, 1.82) is 0 Å². The normalized spacial score (nSPS) is 15.5. The number of piperidine rings is 1. The van der Waals surface area contributed by atoms with Gasteiger partial charge in [-0.1, -0.05) is 44.5 Å². The molecule has 1 heterocycles. The summed E-state index contributed by atoms with van der Waals surface area (Å²) in [6.07, 6.45) is 3.90. The van der Waals surface area contributed by atoms with Crippen molar-refractivity contribution in [2.24, 2.45) is 0 Å². The van der Waals surface area contributed by atoms with Gasteiger partial charge in [0.1, 0.15) is 5.75 Å². The van der Waals surface area contributed by atoms with Gasteiger partial charge in [0.2, 0.25) is 10.0 Å². The van der Waals surface area contributed by atoms with E-state index in [9.17, 15) is 8.42 Å². The lowest BCUT2D eigenvalue weighted by Gasteiger charge is -2.26. The zero-order valence-corrected chi connectivity index (χ0v) is 19.4. The fourth-order valence-electron chi connectivity index (χ4n) is 3.99. The average molecular weight is 431 g/mol. The summed E-state index contributed by atoms with van der Waals surface area (Å²) in [6.45, 7) is 9.44. The third-order valence-electron chi connectivity index (χ3n) is 5.78. The molecule has 0 unspecified atom stereocenters. The molecule has 0 spiro atoms. The molecule has 0 aliphatic carbocycles. The topological polar surface area (TPSA) is 58.6 Å². The average Bonchev–Trinajstić information content (AvgIpc) is 2.73. The van der Waals surface area contributed by atoms with E-state index in [1.165, 1.54) is 37.9 Å². The van der Waals surface area contributed by atoms with Crippen LogP contribution in [0.15, 0.2) is 41.3 Å². The number of hydrogen-bond donors (Lipinski definition) is 1. The fraction of sp³-hybridized carbons (Fsp3) is 0.500. The van der Waals surface area contributed by atoms with Crippen LogP contribution in [-0.2, 0) is 23.1 Å². The molecule has 3 rings (SSSR count). The number of rotatable bonds is 8. The Balaban J connectivity index is 1.68. The van der Waals surface area contributed by atoms with Crippen molar-refractivity contribution in [1.82, 2.24) is 9.62 Å². The maximum atomic E-state index is 13.0. The van der Waals surface area contributed by atoms with Crippen LogP contribution < -0.4 is 9.46 Å². The van der Waals surface area contributed by atoms with Crippen molar-refractivity contribution < 1.29 is 13.2 Å². The number of aryl methyl sites for hydroxylation is 1. The largest absolute Gasteiger partial charge is 0.496 e. The zero-order valence-electron chi connectivity index (χ0n) is 18.6. The number of sulfonamides is 1. The number of nitrogens with zero attached hydrogens (tertiary/aromatic N) is 1. The van der Waals surface area contributed by atoms with Gasteiger partial charge in [-0.3, -0.25) is 4.90 Å². The summed E-state index contributed by atoms with van der Waals surface area (Å²) in [5.74, 6) is 0.896. The summed E-state index contributed by atoms with van der Waals surface area (Å²) in [5, 5.41) is 0. The number of benzene rings is 2. The van der Waals surface area contributed by atoms with E-state index in [0.29, 0.717) is 10.5 Å². The molecule has 1 fully saturated rings. The number of methoxy groups -OCH3 is 1. The number of ether oxygens (including phenoxy) is 1. The summed E-state index contributed by atoms with van der Waals surface area (Å²) in [7, 11) is -2.00. The Morgan fingerprint density at radius 1 is 1.03 bits per heavy atom. The molecule has 1 saturated heterocycles. The quantitative estimate of drug-likeness (QED) is 0.665. The van der Waals surface area contributed by atoms with Crippen molar-refractivity contribution in [2.45, 2.75) is 63.9 Å². The Morgan fingerprint density at radius 3 is 2.27 bits per heavy atom. The van der Waals surface area contributed by atoms with Gasteiger partial charge in [-0.25, -0.2) is 13.1 Å². The van der Waals surface area contributed by atoms with E-state index < -0.39 is 10.0 Å². The van der Waals surface area contributed by atoms with Crippen molar-refractivity contribution in [3.63, 3.8) is 0 Å². The van der Waals surface area contributed by atoms with Crippen LogP contribution in [0.4, 0.5) is 0 Å². The van der Waals surface area contributed by atoms with Crippen LogP contribution >= 0.6 is 0 Å². The standard InChI is InChI=1S/C24H34N2O3S/c1-18(2)22-15-24(19(3)14-23(22)29-4)30(27,28)25-16-20-8-10-21(11-9-20)17-26-12-6-5-7-13-26/h8-11,14-15,18,25H,5-7,12-13,16-17H2,1-4H3. The van der Waals surface area contributed by atoms with Crippen LogP contribution in [0.25, 0.3) is 0 Å². The van der Waals surface area contributed by atoms with Crippen molar-refractivity contribution >= 4 is 10.0 Å². The minimum atomic E-state index is -3.62. The fourth-order valence-corrected chi connectivity index (χ4v) is 5.27. The predicted molar refractivity (Wildman–Crippen MR) is 121 cm³/mol. The van der Waals surface area contributed by atoms with Crippen LogP contribution in [0, 0.1) is 6.92 Å². The van der Waals surface area contributed by atoms with E-state index >= 15 is 0 Å². The molecule has 1 aliphatic rings. The van der Waals surface area contributed by atoms with Crippen molar-refractivity contribution in [3.05, 3.63) is 58.7 Å². The van der Waals surface area contributed by atoms with E-state index in [1.807, 2.05) is 26.0 Å². The number of likely N-dealkylation sites (tertiary alicyclic amines) is 1. The molecule has 0 atom stereocenters. The van der Waals surface area contributed by atoms with Crippen LogP contribution in [0.3, 0.4) is 0 Å². The van der Waals surface area contributed by atoms with Gasteiger partial charge in [-0.05, 0) is 73.2 Å². The molecule has 0 bridgehead atoms. The van der Waals surface area contributed by atoms with E-state index in [1.54, 1.807) is 26.2 Å². The lowest BCUT2D eigenvalue weighted by Crippen LogP contribution is -2.29. The summed E-state index contributed by atoms with van der Waals surface area (Å²) < 4.78 is 34.1. The molecule has 2 aromatic carbocycles. The van der Waals surface area contributed by atoms with E-state index in [4.69, 9.17) is 4.74 Å². The zero-order chi connectivity index (χ0) is 21.7. The van der Waals surface area contributed by atoms with Gasteiger partial charge in [0.05, 0.1) is 12.0 Å². The Kier molecular flexibility index (Phi) is 7.55. The second-order valence-corrected chi connectivity index (χ2v) is 10.2. The summed E-state index contributed by atoms with van der Waals surface area (Å²) in [5.41, 5.74) is 3.80. The summed E-state index contributed by atoms with van der Waals surface area (Å²) in [6, 6.07) is 11.8. The maximum absolute atomic E-state index is 13.0. The first-order valence-electron chi connectivity index (χ1n) is 10.8. The SMILES string of the molecule is COc1cc(C)c(S(=O)(=O)NCc2ccc(CN3CCCCC3)cc2)cc1C(C)C. The van der Waals surface area contributed by atoms with E-state index in [2.05, 4.69) is 21.8 Å². The smallest absolute Gasteiger partial charge is 0.241 e. The minimum absolute atomic E-state index is 0.168. The molecule has 0 saturated carbocycles. The van der Waals surface area contributed by atoms with Crippen molar-refractivity contribution in [3.8, 4) is 5.75 Å². The first-order valence-corrected chi connectivity index (χ1v) is 12.3. The Morgan fingerprint density at radius 2 is 1.67 bits per heavy atom. The highest BCUT2D eigenvalue weighted by Crippen LogP contribution is 2.31. The number of hydrogen-bond acceptors (Lipinski definition) is 4. The minimum Gasteiger partial charge on any atom is -0.496 e. The highest BCUT2D eigenvalue weighted by Gasteiger charge is 2.21. The summed E-state index contributed by atoms with van der Waals surface area (Å²) in [4.78, 5) is 2.80. The van der Waals surface area contributed by atoms with Gasteiger partial charge >= 0.3 is 0 Å². The van der Waals surface area contributed by atoms with Crippen LogP contribution in [-0.4, -0.2) is 33.5 Å². The molecule has 30 heavy (non-hydrogen) atoms.